The molecule has 0 aliphatic carbocycles. The largest absolute Gasteiger partial charge is 0.315 e. The van der Waals surface area contributed by atoms with E-state index in [9.17, 15) is 9.00 Å². The van der Waals surface area contributed by atoms with E-state index in [2.05, 4.69) is 15.4 Å². The first kappa shape index (κ1) is 17.0. The SMILES string of the molecule is O=CN(CCCCCCOS(=O)(O)=S)c1ccccc1. The van der Waals surface area contributed by atoms with E-state index in [-0.39, 0.29) is 6.61 Å². The van der Waals surface area contributed by atoms with Gasteiger partial charge in [-0.15, -0.1) is 0 Å². The molecule has 1 aromatic carbocycles. The molecule has 0 bridgehead atoms. The Kier molecular flexibility index (Phi) is 7.68. The van der Waals surface area contributed by atoms with Crippen molar-refractivity contribution < 1.29 is 17.7 Å². The number of nitrogens with zero attached hydrogens (tertiary/aromatic N) is 1. The summed E-state index contributed by atoms with van der Waals surface area (Å²) in [6, 6.07) is 9.48. The summed E-state index contributed by atoms with van der Waals surface area (Å²) in [5.74, 6) is 0. The lowest BCUT2D eigenvalue weighted by Gasteiger charge is -2.17. The summed E-state index contributed by atoms with van der Waals surface area (Å²) in [4.78, 5) is 12.7. The van der Waals surface area contributed by atoms with Gasteiger partial charge in [0.05, 0.1) is 6.61 Å². The van der Waals surface area contributed by atoms with Crippen LogP contribution in [0.4, 0.5) is 5.69 Å². The maximum atomic E-state index is 11.0. The van der Waals surface area contributed by atoms with Crippen molar-refractivity contribution in [1.82, 2.24) is 0 Å². The molecular weight excluding hydrogens is 298 g/mol. The molecule has 0 aromatic heterocycles. The van der Waals surface area contributed by atoms with Crippen LogP contribution in [0.5, 0.6) is 0 Å². The van der Waals surface area contributed by atoms with E-state index in [0.717, 1.165) is 31.4 Å². The number of carbonyl (C=O) groups excluding carboxylic acids is 1. The highest BCUT2D eigenvalue weighted by Gasteiger charge is 2.04. The van der Waals surface area contributed by atoms with Gasteiger partial charge in [0.25, 0.3) is 9.05 Å². The van der Waals surface area contributed by atoms with Gasteiger partial charge in [-0.2, -0.15) is 4.21 Å². The highest BCUT2D eigenvalue weighted by Crippen LogP contribution is 2.12. The molecule has 0 radical (unpaired) electrons. The second kappa shape index (κ2) is 9.02. The lowest BCUT2D eigenvalue weighted by atomic mass is 10.2. The molecule has 112 valence electrons. The van der Waals surface area contributed by atoms with Gasteiger partial charge in [-0.3, -0.25) is 13.5 Å². The first-order valence-corrected chi connectivity index (χ1v) is 8.78. The number of hydrogen-bond donors (Lipinski definition) is 1. The van der Waals surface area contributed by atoms with Crippen LogP contribution in [-0.2, 0) is 29.2 Å². The highest BCUT2D eigenvalue weighted by molar-refractivity contribution is 8.27. The molecule has 1 aromatic rings. The summed E-state index contributed by atoms with van der Waals surface area (Å²) in [6.07, 6.45) is 4.17. The third-order valence-corrected chi connectivity index (χ3v) is 3.49. The van der Waals surface area contributed by atoms with E-state index >= 15 is 0 Å². The van der Waals surface area contributed by atoms with Crippen LogP contribution < -0.4 is 4.90 Å². The molecule has 0 saturated carbocycles. The fourth-order valence-corrected chi connectivity index (χ4v) is 2.30. The fourth-order valence-electron chi connectivity index (χ4n) is 1.76. The summed E-state index contributed by atoms with van der Waals surface area (Å²) in [5, 5.41) is 0. The van der Waals surface area contributed by atoms with Crippen LogP contribution in [0.1, 0.15) is 25.7 Å². The van der Waals surface area contributed by atoms with E-state index in [4.69, 9.17) is 4.55 Å². The van der Waals surface area contributed by atoms with E-state index in [1.807, 2.05) is 30.3 Å². The van der Waals surface area contributed by atoms with Crippen molar-refractivity contribution in [3.05, 3.63) is 30.3 Å². The van der Waals surface area contributed by atoms with Crippen LogP contribution in [0.3, 0.4) is 0 Å². The van der Waals surface area contributed by atoms with Crippen LogP contribution in [0, 0.1) is 0 Å². The highest BCUT2D eigenvalue weighted by atomic mass is 32.9. The molecule has 1 atom stereocenters. The second-order valence-corrected chi connectivity index (χ2v) is 6.65. The number of rotatable bonds is 10. The third-order valence-electron chi connectivity index (χ3n) is 2.74. The van der Waals surface area contributed by atoms with E-state index in [0.29, 0.717) is 13.0 Å². The standard InChI is InChI=1S/C13H19NO4S2/c15-12-14(13-8-4-3-5-9-13)10-6-1-2-7-11-18-20(16,17)19/h3-5,8-9,12H,1-2,6-7,10-11H2,(H,16,17,19). The molecule has 1 amide bonds. The molecule has 0 fully saturated rings. The zero-order valence-electron chi connectivity index (χ0n) is 11.1. The fraction of sp³-hybridized carbons (Fsp3) is 0.462. The molecule has 1 rings (SSSR count). The van der Waals surface area contributed by atoms with Gasteiger partial charge in [0.2, 0.25) is 6.41 Å². The average molecular weight is 317 g/mol. The van der Waals surface area contributed by atoms with E-state index in [1.54, 1.807) is 4.90 Å². The zero-order valence-corrected chi connectivity index (χ0v) is 12.8. The van der Waals surface area contributed by atoms with Crippen molar-refractivity contribution in [2.24, 2.45) is 0 Å². The molecule has 0 heterocycles. The maximum absolute atomic E-state index is 11.0. The summed E-state index contributed by atoms with van der Waals surface area (Å²) in [6.45, 7) is 0.848. The Morgan fingerprint density at radius 3 is 2.45 bits per heavy atom. The summed E-state index contributed by atoms with van der Waals surface area (Å²) >= 11 is 4.21. The topological polar surface area (TPSA) is 66.8 Å². The van der Waals surface area contributed by atoms with Gasteiger partial charge in [0, 0.05) is 23.4 Å². The Bertz CT molecular complexity index is 490. The molecule has 7 heteroatoms. The Hall–Kier alpha value is -1.02. The minimum atomic E-state index is -3.49. The Labute approximate surface area is 124 Å². The summed E-state index contributed by atoms with van der Waals surface area (Å²) in [5.41, 5.74) is 0.886. The maximum Gasteiger partial charge on any atom is 0.266 e. The summed E-state index contributed by atoms with van der Waals surface area (Å²) in [7, 11) is -3.49. The molecule has 5 nitrogen and oxygen atoms in total. The minimum absolute atomic E-state index is 0.189. The lowest BCUT2D eigenvalue weighted by molar-refractivity contribution is -0.107. The van der Waals surface area contributed by atoms with Gasteiger partial charge in [-0.25, -0.2) is 0 Å². The lowest BCUT2D eigenvalue weighted by Crippen LogP contribution is -2.22. The van der Waals surface area contributed by atoms with Crippen LogP contribution in [0.25, 0.3) is 0 Å². The predicted octanol–water partition coefficient (Wildman–Crippen LogP) is 2.36. The van der Waals surface area contributed by atoms with Crippen LogP contribution in [-0.4, -0.2) is 28.3 Å². The van der Waals surface area contributed by atoms with Crippen molar-refractivity contribution in [3.63, 3.8) is 0 Å². The van der Waals surface area contributed by atoms with Crippen molar-refractivity contribution in [2.75, 3.05) is 18.1 Å². The van der Waals surface area contributed by atoms with Crippen molar-refractivity contribution in [1.29, 1.82) is 0 Å². The molecule has 0 spiro atoms. The number of carbonyl (C=O) groups is 1. The molecular formula is C13H19NO4S2. The number of amides is 1. The van der Waals surface area contributed by atoms with Gasteiger partial charge < -0.3 is 4.90 Å². The minimum Gasteiger partial charge on any atom is -0.315 e. The first-order valence-electron chi connectivity index (χ1n) is 6.42. The van der Waals surface area contributed by atoms with Gasteiger partial charge in [0.15, 0.2) is 0 Å². The smallest absolute Gasteiger partial charge is 0.266 e. The van der Waals surface area contributed by atoms with E-state index < -0.39 is 9.05 Å². The number of para-hydroxylation sites is 1. The first-order chi connectivity index (χ1) is 9.53. The Balaban J connectivity index is 2.15. The second-order valence-electron chi connectivity index (χ2n) is 4.30. The van der Waals surface area contributed by atoms with Crippen molar-refractivity contribution >= 4 is 32.3 Å². The Morgan fingerprint density at radius 2 is 1.85 bits per heavy atom. The molecule has 1 N–H and O–H groups in total. The van der Waals surface area contributed by atoms with Crippen LogP contribution in [0.2, 0.25) is 0 Å². The van der Waals surface area contributed by atoms with Crippen LogP contribution in [0.15, 0.2) is 30.3 Å². The number of hydrogen-bond acceptors (Lipinski definition) is 4. The van der Waals surface area contributed by atoms with Gasteiger partial charge in [-0.05, 0) is 25.0 Å². The number of benzene rings is 1. The number of unbranched alkanes of at least 4 members (excludes halogenated alkanes) is 3. The molecule has 1 unspecified atom stereocenters. The van der Waals surface area contributed by atoms with Gasteiger partial charge in [-0.1, -0.05) is 31.0 Å². The summed E-state index contributed by atoms with van der Waals surface area (Å²) < 4.78 is 24.0. The van der Waals surface area contributed by atoms with Gasteiger partial charge >= 0.3 is 0 Å². The van der Waals surface area contributed by atoms with Crippen molar-refractivity contribution in [2.45, 2.75) is 25.7 Å². The normalized spacial score (nSPS) is 13.7. The zero-order chi connectivity index (χ0) is 14.8. The number of anilines is 1. The Morgan fingerprint density at radius 1 is 1.20 bits per heavy atom. The molecule has 0 aliphatic rings. The van der Waals surface area contributed by atoms with Gasteiger partial charge in [0.1, 0.15) is 0 Å². The van der Waals surface area contributed by atoms with Crippen LogP contribution >= 0.6 is 0 Å². The molecule has 0 saturated heterocycles. The quantitative estimate of drug-likeness (QED) is 0.530. The van der Waals surface area contributed by atoms with E-state index in [1.165, 1.54) is 0 Å². The molecule has 0 aliphatic heterocycles. The van der Waals surface area contributed by atoms with Crippen molar-refractivity contribution in [3.8, 4) is 0 Å². The average Bonchev–Trinajstić information content (AvgIpc) is 2.42. The predicted molar refractivity (Wildman–Crippen MR) is 82.4 cm³/mol. The monoisotopic (exact) mass is 317 g/mol. The molecule has 20 heavy (non-hydrogen) atoms. The third kappa shape index (κ3) is 7.54.